The van der Waals surface area contributed by atoms with E-state index in [2.05, 4.69) is 55.5 Å². The van der Waals surface area contributed by atoms with Crippen molar-refractivity contribution < 1.29 is 9.90 Å². The SMILES string of the molecule is Cc1ccc(-c2ccc([C@@H]3CC3C(=O)O)cc2)cc1. The summed E-state index contributed by atoms with van der Waals surface area (Å²) in [6.07, 6.45) is 0.777. The van der Waals surface area contributed by atoms with Gasteiger partial charge in [-0.15, -0.1) is 0 Å². The summed E-state index contributed by atoms with van der Waals surface area (Å²) in [5, 5.41) is 8.94. The van der Waals surface area contributed by atoms with E-state index >= 15 is 0 Å². The summed E-state index contributed by atoms with van der Waals surface area (Å²) in [4.78, 5) is 10.9. The Hall–Kier alpha value is -2.09. The van der Waals surface area contributed by atoms with Crippen LogP contribution in [0.1, 0.15) is 23.5 Å². The Morgan fingerprint density at radius 2 is 1.53 bits per heavy atom. The second kappa shape index (κ2) is 4.54. The number of benzene rings is 2. The van der Waals surface area contributed by atoms with Crippen LogP contribution in [0.25, 0.3) is 11.1 Å². The summed E-state index contributed by atoms with van der Waals surface area (Å²) >= 11 is 0. The maximum Gasteiger partial charge on any atom is 0.307 e. The zero-order chi connectivity index (χ0) is 13.4. The van der Waals surface area contributed by atoms with E-state index in [0.29, 0.717) is 0 Å². The number of hydrogen-bond acceptors (Lipinski definition) is 1. The molecule has 2 atom stereocenters. The quantitative estimate of drug-likeness (QED) is 0.900. The minimum Gasteiger partial charge on any atom is -0.481 e. The molecule has 0 heterocycles. The first-order valence-corrected chi connectivity index (χ1v) is 6.55. The predicted molar refractivity (Wildman–Crippen MR) is 75.1 cm³/mol. The van der Waals surface area contributed by atoms with E-state index in [4.69, 9.17) is 5.11 Å². The highest BCUT2D eigenvalue weighted by Gasteiger charge is 2.43. The fraction of sp³-hybridized carbons (Fsp3) is 0.235. The molecule has 0 saturated heterocycles. The van der Waals surface area contributed by atoms with Crippen molar-refractivity contribution in [3.63, 3.8) is 0 Å². The maximum absolute atomic E-state index is 10.9. The average Bonchev–Trinajstić information content (AvgIpc) is 3.20. The monoisotopic (exact) mass is 252 g/mol. The molecule has 19 heavy (non-hydrogen) atoms. The Balaban J connectivity index is 1.80. The standard InChI is InChI=1S/C17H16O2/c1-11-2-4-12(5-3-11)13-6-8-14(9-7-13)15-10-16(15)17(18)19/h2-9,15-16H,10H2,1H3,(H,18,19)/t15-,16?/m0/s1. The van der Waals surface area contributed by atoms with Crippen LogP contribution in [0.2, 0.25) is 0 Å². The lowest BCUT2D eigenvalue weighted by atomic mass is 10.0. The summed E-state index contributed by atoms with van der Waals surface area (Å²) in [5.74, 6) is -0.637. The molecule has 1 N–H and O–H groups in total. The summed E-state index contributed by atoms with van der Waals surface area (Å²) in [6, 6.07) is 16.7. The highest BCUT2D eigenvalue weighted by Crippen LogP contribution is 2.47. The summed E-state index contributed by atoms with van der Waals surface area (Å²) < 4.78 is 0. The molecule has 2 heteroatoms. The van der Waals surface area contributed by atoms with Crippen molar-refractivity contribution >= 4 is 5.97 Å². The number of carboxylic acid groups (broad SMARTS) is 1. The smallest absolute Gasteiger partial charge is 0.307 e. The van der Waals surface area contributed by atoms with Crippen molar-refractivity contribution in [3.05, 3.63) is 59.7 Å². The van der Waals surface area contributed by atoms with Gasteiger partial charge in [-0.25, -0.2) is 0 Å². The number of hydrogen-bond donors (Lipinski definition) is 1. The van der Waals surface area contributed by atoms with Crippen molar-refractivity contribution in [2.24, 2.45) is 5.92 Å². The molecule has 96 valence electrons. The molecule has 0 spiro atoms. The molecule has 1 aliphatic carbocycles. The molecule has 0 aromatic heterocycles. The van der Waals surface area contributed by atoms with Gasteiger partial charge < -0.3 is 5.11 Å². The van der Waals surface area contributed by atoms with Gasteiger partial charge in [0.15, 0.2) is 0 Å². The Kier molecular flexibility index (Phi) is 2.86. The molecule has 2 aromatic carbocycles. The van der Waals surface area contributed by atoms with Gasteiger partial charge in [-0.05, 0) is 36.0 Å². The van der Waals surface area contributed by atoms with Crippen LogP contribution in [0.4, 0.5) is 0 Å². The fourth-order valence-electron chi connectivity index (χ4n) is 2.51. The molecule has 0 radical (unpaired) electrons. The number of aliphatic carboxylic acids is 1. The van der Waals surface area contributed by atoms with Crippen LogP contribution < -0.4 is 0 Å². The molecular weight excluding hydrogens is 236 g/mol. The highest BCUT2D eigenvalue weighted by atomic mass is 16.4. The van der Waals surface area contributed by atoms with Crippen molar-refractivity contribution in [1.82, 2.24) is 0 Å². The van der Waals surface area contributed by atoms with Gasteiger partial charge in [0.25, 0.3) is 0 Å². The van der Waals surface area contributed by atoms with Gasteiger partial charge in [0.1, 0.15) is 0 Å². The molecule has 2 nitrogen and oxygen atoms in total. The second-order valence-electron chi connectivity index (χ2n) is 5.27. The Morgan fingerprint density at radius 3 is 2.00 bits per heavy atom. The van der Waals surface area contributed by atoms with Crippen LogP contribution in [-0.4, -0.2) is 11.1 Å². The lowest BCUT2D eigenvalue weighted by molar-refractivity contribution is -0.138. The van der Waals surface area contributed by atoms with Gasteiger partial charge in [0.05, 0.1) is 5.92 Å². The van der Waals surface area contributed by atoms with Crippen LogP contribution >= 0.6 is 0 Å². The van der Waals surface area contributed by atoms with Gasteiger partial charge >= 0.3 is 5.97 Å². The largest absolute Gasteiger partial charge is 0.481 e. The molecular formula is C17H16O2. The fourth-order valence-corrected chi connectivity index (χ4v) is 2.51. The van der Waals surface area contributed by atoms with E-state index in [0.717, 1.165) is 12.0 Å². The lowest BCUT2D eigenvalue weighted by Gasteiger charge is -2.04. The highest BCUT2D eigenvalue weighted by molar-refractivity contribution is 5.75. The number of aryl methyl sites for hydroxylation is 1. The van der Waals surface area contributed by atoms with Crippen molar-refractivity contribution in [1.29, 1.82) is 0 Å². The van der Waals surface area contributed by atoms with Crippen LogP contribution in [0.3, 0.4) is 0 Å². The number of carbonyl (C=O) groups is 1. The first-order valence-electron chi connectivity index (χ1n) is 6.55. The zero-order valence-corrected chi connectivity index (χ0v) is 10.8. The van der Waals surface area contributed by atoms with Crippen molar-refractivity contribution in [2.75, 3.05) is 0 Å². The van der Waals surface area contributed by atoms with E-state index in [-0.39, 0.29) is 11.8 Å². The lowest BCUT2D eigenvalue weighted by Crippen LogP contribution is -1.98. The minimum atomic E-state index is -0.674. The summed E-state index contributed by atoms with van der Waals surface area (Å²) in [7, 11) is 0. The summed E-state index contributed by atoms with van der Waals surface area (Å²) in [6.45, 7) is 2.08. The molecule has 1 unspecified atom stereocenters. The molecule has 0 aliphatic heterocycles. The molecule has 1 aliphatic rings. The maximum atomic E-state index is 10.9. The molecule has 2 aromatic rings. The minimum absolute atomic E-state index is 0.176. The van der Waals surface area contributed by atoms with E-state index < -0.39 is 5.97 Å². The van der Waals surface area contributed by atoms with Gasteiger partial charge in [0.2, 0.25) is 0 Å². The van der Waals surface area contributed by atoms with Crippen molar-refractivity contribution in [3.8, 4) is 11.1 Å². The topological polar surface area (TPSA) is 37.3 Å². The number of carboxylic acids is 1. The molecule has 0 amide bonds. The second-order valence-corrected chi connectivity index (χ2v) is 5.27. The van der Waals surface area contributed by atoms with Crippen molar-refractivity contribution in [2.45, 2.75) is 19.3 Å². The molecule has 3 rings (SSSR count). The average molecular weight is 252 g/mol. The third-order valence-electron chi connectivity index (χ3n) is 3.83. The Labute approximate surface area is 112 Å². The molecule has 1 fully saturated rings. The van der Waals surface area contributed by atoms with E-state index in [9.17, 15) is 4.79 Å². The van der Waals surface area contributed by atoms with Crippen LogP contribution in [0, 0.1) is 12.8 Å². The van der Waals surface area contributed by atoms with Gasteiger partial charge in [-0.1, -0.05) is 54.1 Å². The zero-order valence-electron chi connectivity index (χ0n) is 10.8. The van der Waals surface area contributed by atoms with Crippen LogP contribution in [-0.2, 0) is 4.79 Å². The van der Waals surface area contributed by atoms with Crippen LogP contribution in [0.5, 0.6) is 0 Å². The predicted octanol–water partition coefficient (Wildman–Crippen LogP) is 3.85. The van der Waals surface area contributed by atoms with Gasteiger partial charge in [-0.2, -0.15) is 0 Å². The van der Waals surface area contributed by atoms with Crippen LogP contribution in [0.15, 0.2) is 48.5 Å². The number of rotatable bonds is 3. The Morgan fingerprint density at radius 1 is 1.00 bits per heavy atom. The van der Waals surface area contributed by atoms with E-state index in [1.807, 2.05) is 0 Å². The third kappa shape index (κ3) is 2.39. The first kappa shape index (κ1) is 12.0. The van der Waals surface area contributed by atoms with E-state index in [1.54, 1.807) is 0 Å². The normalized spacial score (nSPS) is 21.1. The third-order valence-corrected chi connectivity index (χ3v) is 3.83. The van der Waals surface area contributed by atoms with Gasteiger partial charge in [0, 0.05) is 0 Å². The Bertz CT molecular complexity index is 596. The van der Waals surface area contributed by atoms with E-state index in [1.165, 1.54) is 16.7 Å². The molecule has 0 bridgehead atoms. The first-order chi connectivity index (χ1) is 9.15. The van der Waals surface area contributed by atoms with Gasteiger partial charge in [-0.3, -0.25) is 4.79 Å². The molecule has 1 saturated carbocycles. The summed E-state index contributed by atoms with van der Waals surface area (Å²) in [5.41, 5.74) is 4.77.